The van der Waals surface area contributed by atoms with Gasteiger partial charge in [0.1, 0.15) is 0 Å². The van der Waals surface area contributed by atoms with Crippen molar-refractivity contribution >= 4 is 0 Å². The number of pyridine rings is 1. The average Bonchev–Trinajstić information content (AvgIpc) is 3.24. The molecular weight excluding hydrogens is 312 g/mol. The first-order valence-electron chi connectivity index (χ1n) is 9.71. The van der Waals surface area contributed by atoms with E-state index in [0.29, 0.717) is 5.92 Å². The van der Waals surface area contributed by atoms with E-state index in [0.717, 1.165) is 48.6 Å². The molecule has 0 bridgehead atoms. The molecule has 2 aliphatic carbocycles. The molecule has 2 saturated carbocycles. The summed E-state index contributed by atoms with van der Waals surface area (Å²) >= 11 is 0. The molecule has 0 radical (unpaired) electrons. The van der Waals surface area contributed by atoms with Gasteiger partial charge in [-0.1, -0.05) is 25.7 Å². The van der Waals surface area contributed by atoms with E-state index in [1.165, 1.54) is 31.2 Å². The maximum atomic E-state index is 10.6. The Morgan fingerprint density at radius 3 is 2.48 bits per heavy atom. The number of hydrogen-bond donors (Lipinski definition) is 1. The van der Waals surface area contributed by atoms with Crippen LogP contribution in [0.5, 0.6) is 0 Å². The fourth-order valence-electron chi connectivity index (χ4n) is 4.42. The summed E-state index contributed by atoms with van der Waals surface area (Å²) in [5.74, 6) is 2.32. The molecule has 2 aromatic heterocycles. The predicted octanol–water partition coefficient (Wildman–Crippen LogP) is 4.09. The molecule has 0 unspecified atom stereocenters. The molecule has 1 N–H and O–H groups in total. The first-order chi connectivity index (χ1) is 12.1. The lowest BCUT2D eigenvalue weighted by Crippen LogP contribution is -2.29. The Morgan fingerprint density at radius 2 is 1.76 bits per heavy atom. The highest BCUT2D eigenvalue weighted by Gasteiger charge is 2.31. The van der Waals surface area contributed by atoms with Gasteiger partial charge in [0.05, 0.1) is 12.1 Å². The molecule has 2 atom stereocenters. The van der Waals surface area contributed by atoms with Crippen LogP contribution in [0.4, 0.5) is 0 Å². The van der Waals surface area contributed by atoms with E-state index in [4.69, 9.17) is 10.1 Å². The van der Waals surface area contributed by atoms with Gasteiger partial charge in [-0.05, 0) is 51.2 Å². The van der Waals surface area contributed by atoms with Gasteiger partial charge in [0.2, 0.25) is 0 Å². The van der Waals surface area contributed by atoms with Crippen LogP contribution in [-0.2, 0) is 0 Å². The monoisotopic (exact) mass is 340 g/mol. The van der Waals surface area contributed by atoms with Crippen LogP contribution in [0.15, 0.2) is 12.3 Å². The zero-order valence-corrected chi connectivity index (χ0v) is 15.3. The molecule has 0 aromatic carbocycles. The van der Waals surface area contributed by atoms with E-state index >= 15 is 0 Å². The molecule has 5 heteroatoms. The number of rotatable bonds is 3. The molecule has 134 valence electrons. The molecule has 2 fully saturated rings. The zero-order chi connectivity index (χ0) is 17.4. The van der Waals surface area contributed by atoms with Gasteiger partial charge in [-0.2, -0.15) is 5.10 Å². The third kappa shape index (κ3) is 3.22. The quantitative estimate of drug-likeness (QED) is 0.914. The lowest BCUT2D eigenvalue weighted by Gasteiger charge is -2.28. The van der Waals surface area contributed by atoms with Crippen LogP contribution in [0.3, 0.4) is 0 Å². The average molecular weight is 340 g/mol. The van der Waals surface area contributed by atoms with E-state index in [-0.39, 0.29) is 12.1 Å². The van der Waals surface area contributed by atoms with Crippen molar-refractivity contribution in [2.24, 2.45) is 0 Å². The van der Waals surface area contributed by atoms with Crippen molar-refractivity contribution in [2.75, 3.05) is 0 Å². The number of aliphatic hydroxyl groups excluding tert-OH is 1. The first kappa shape index (κ1) is 16.7. The second-order valence-electron chi connectivity index (χ2n) is 7.78. The Kier molecular flexibility index (Phi) is 4.59. The minimum absolute atomic E-state index is 0.0344. The van der Waals surface area contributed by atoms with Gasteiger partial charge in [0.25, 0.3) is 0 Å². The summed E-state index contributed by atoms with van der Waals surface area (Å²) in [6, 6.07) is 2.13. The van der Waals surface area contributed by atoms with Crippen molar-refractivity contribution in [1.29, 1.82) is 0 Å². The molecule has 2 heterocycles. The summed E-state index contributed by atoms with van der Waals surface area (Å²) < 4.78 is 2.02. The molecule has 0 aliphatic heterocycles. The van der Waals surface area contributed by atoms with Gasteiger partial charge >= 0.3 is 0 Å². The van der Waals surface area contributed by atoms with E-state index in [2.05, 4.69) is 18.0 Å². The third-order valence-electron chi connectivity index (χ3n) is 5.86. The number of aliphatic hydroxyl groups is 1. The van der Waals surface area contributed by atoms with Gasteiger partial charge in [-0.25, -0.2) is 9.67 Å². The maximum absolute atomic E-state index is 10.6. The Balaban J connectivity index is 1.79. The number of hydrogen-bond acceptors (Lipinski definition) is 4. The van der Waals surface area contributed by atoms with Gasteiger partial charge in [-0.3, -0.25) is 4.98 Å². The number of nitrogens with zero attached hydrogens (tertiary/aromatic N) is 4. The number of aryl methyl sites for hydroxylation is 2. The molecule has 0 saturated heterocycles. The van der Waals surface area contributed by atoms with Gasteiger partial charge in [0.15, 0.2) is 11.6 Å². The summed E-state index contributed by atoms with van der Waals surface area (Å²) in [5.41, 5.74) is 3.23. The van der Waals surface area contributed by atoms with E-state index in [9.17, 15) is 5.11 Å². The van der Waals surface area contributed by atoms with Crippen LogP contribution in [0, 0.1) is 13.8 Å². The minimum Gasteiger partial charge on any atom is -0.391 e. The van der Waals surface area contributed by atoms with Crippen LogP contribution in [0.25, 0.3) is 11.4 Å². The summed E-state index contributed by atoms with van der Waals surface area (Å²) in [5, 5.41) is 15.5. The van der Waals surface area contributed by atoms with Gasteiger partial charge in [0, 0.05) is 23.4 Å². The fraction of sp³-hybridized carbons (Fsp3) is 0.650. The SMILES string of the molecule is Cc1cc(C)c(-c2nc(C3CCCC3)nn2[C@@H]2CCCC[C@H]2O)cn1. The summed E-state index contributed by atoms with van der Waals surface area (Å²) in [4.78, 5) is 9.45. The van der Waals surface area contributed by atoms with Crippen LogP contribution in [-0.4, -0.2) is 31.0 Å². The highest BCUT2D eigenvalue weighted by molar-refractivity contribution is 5.59. The molecule has 2 aromatic rings. The van der Waals surface area contributed by atoms with Crippen molar-refractivity contribution in [2.45, 2.75) is 83.3 Å². The normalized spacial score (nSPS) is 24.8. The smallest absolute Gasteiger partial charge is 0.160 e. The van der Waals surface area contributed by atoms with Crippen LogP contribution in [0.1, 0.15) is 80.4 Å². The Hall–Kier alpha value is -1.75. The lowest BCUT2D eigenvalue weighted by atomic mass is 9.92. The molecular formula is C20H28N4O. The summed E-state index contributed by atoms with van der Waals surface area (Å²) in [6.45, 7) is 4.12. The largest absolute Gasteiger partial charge is 0.391 e. The molecule has 5 nitrogen and oxygen atoms in total. The zero-order valence-electron chi connectivity index (χ0n) is 15.3. The van der Waals surface area contributed by atoms with Crippen molar-refractivity contribution in [3.05, 3.63) is 29.3 Å². The highest BCUT2D eigenvalue weighted by atomic mass is 16.3. The topological polar surface area (TPSA) is 63.8 Å². The van der Waals surface area contributed by atoms with Crippen LogP contribution < -0.4 is 0 Å². The van der Waals surface area contributed by atoms with Crippen molar-refractivity contribution in [3.8, 4) is 11.4 Å². The summed E-state index contributed by atoms with van der Waals surface area (Å²) in [6.07, 6.45) is 10.6. The van der Waals surface area contributed by atoms with E-state index in [1.54, 1.807) is 0 Å². The van der Waals surface area contributed by atoms with Gasteiger partial charge in [-0.15, -0.1) is 0 Å². The molecule has 4 rings (SSSR count). The Labute approximate surface area is 149 Å². The first-order valence-corrected chi connectivity index (χ1v) is 9.71. The van der Waals surface area contributed by atoms with Crippen molar-refractivity contribution in [3.63, 3.8) is 0 Å². The Morgan fingerprint density at radius 1 is 1.04 bits per heavy atom. The molecule has 2 aliphatic rings. The minimum atomic E-state index is -0.329. The van der Waals surface area contributed by atoms with Crippen LogP contribution >= 0.6 is 0 Å². The van der Waals surface area contributed by atoms with Crippen LogP contribution in [0.2, 0.25) is 0 Å². The van der Waals surface area contributed by atoms with E-state index in [1.807, 2.05) is 17.8 Å². The number of aromatic nitrogens is 4. The highest BCUT2D eigenvalue weighted by Crippen LogP contribution is 2.37. The molecule has 0 amide bonds. The second-order valence-corrected chi connectivity index (χ2v) is 7.78. The third-order valence-corrected chi connectivity index (χ3v) is 5.86. The maximum Gasteiger partial charge on any atom is 0.160 e. The lowest BCUT2D eigenvalue weighted by molar-refractivity contribution is 0.0699. The van der Waals surface area contributed by atoms with Gasteiger partial charge < -0.3 is 5.11 Å². The summed E-state index contributed by atoms with van der Waals surface area (Å²) in [7, 11) is 0. The van der Waals surface area contributed by atoms with Crippen molar-refractivity contribution < 1.29 is 5.11 Å². The second kappa shape index (κ2) is 6.87. The standard InChI is InChI=1S/C20H28N4O/c1-13-11-14(2)21-12-16(13)20-22-19(15-7-3-4-8-15)23-24(20)17-9-5-6-10-18(17)25/h11-12,15,17-18,25H,3-10H2,1-2H3/t17-,18-/m1/s1. The van der Waals surface area contributed by atoms with Crippen molar-refractivity contribution in [1.82, 2.24) is 19.7 Å². The fourth-order valence-corrected chi connectivity index (χ4v) is 4.42. The molecule has 25 heavy (non-hydrogen) atoms. The molecule has 0 spiro atoms. The Bertz CT molecular complexity index is 748. The van der Waals surface area contributed by atoms with E-state index < -0.39 is 0 Å². The predicted molar refractivity (Wildman–Crippen MR) is 97.4 cm³/mol.